The molecule has 1 aromatic carbocycles. The molecule has 0 aromatic heterocycles. The fourth-order valence-corrected chi connectivity index (χ4v) is 4.02. The van der Waals surface area contributed by atoms with Crippen LogP contribution in [0.15, 0.2) is 23.2 Å². The number of aliphatic imine (C=N–C) groups is 1. The minimum Gasteiger partial charge on any atom is -0.335 e. The molecule has 1 aliphatic carbocycles. The number of hydrogen-bond donors (Lipinski definition) is 1. The highest BCUT2D eigenvalue weighted by Gasteiger charge is 2.38. The first-order valence-electron chi connectivity index (χ1n) is 6.74. The molecular weight excluding hydrogens is 240 g/mol. The Morgan fingerprint density at radius 3 is 2.78 bits per heavy atom. The van der Waals surface area contributed by atoms with E-state index < -0.39 is 0 Å². The van der Waals surface area contributed by atoms with Gasteiger partial charge in [0.1, 0.15) is 0 Å². The molecule has 0 unspecified atom stereocenters. The monoisotopic (exact) mass is 260 g/mol. The van der Waals surface area contributed by atoms with Crippen molar-refractivity contribution in [1.29, 1.82) is 0 Å². The molecule has 96 valence electrons. The van der Waals surface area contributed by atoms with Crippen LogP contribution in [0.3, 0.4) is 0 Å². The minimum absolute atomic E-state index is 0.269. The fraction of sp³-hybridized carbons (Fsp3) is 0.533. The van der Waals surface area contributed by atoms with Gasteiger partial charge >= 0.3 is 0 Å². The summed E-state index contributed by atoms with van der Waals surface area (Å²) in [5.74, 6) is 1.17. The van der Waals surface area contributed by atoms with Crippen LogP contribution in [0.25, 0.3) is 0 Å². The molecule has 3 rings (SSSR count). The molecule has 0 bridgehead atoms. The maximum Gasteiger partial charge on any atom is 0.161 e. The van der Waals surface area contributed by atoms with Crippen molar-refractivity contribution in [3.63, 3.8) is 0 Å². The number of benzene rings is 1. The second-order valence-corrected chi connectivity index (χ2v) is 6.54. The predicted molar refractivity (Wildman–Crippen MR) is 80.6 cm³/mol. The van der Waals surface area contributed by atoms with E-state index in [0.29, 0.717) is 0 Å². The van der Waals surface area contributed by atoms with E-state index in [4.69, 9.17) is 4.99 Å². The molecule has 1 N–H and O–H groups in total. The molecule has 1 spiro atoms. The summed E-state index contributed by atoms with van der Waals surface area (Å²) in [5.41, 5.74) is 4.06. The first-order chi connectivity index (χ1) is 8.67. The smallest absolute Gasteiger partial charge is 0.161 e. The van der Waals surface area contributed by atoms with Gasteiger partial charge in [-0.2, -0.15) is 0 Å². The molecule has 1 saturated carbocycles. The Morgan fingerprint density at radius 2 is 2.00 bits per heavy atom. The van der Waals surface area contributed by atoms with Gasteiger partial charge in [-0.1, -0.05) is 36.7 Å². The van der Waals surface area contributed by atoms with Crippen molar-refractivity contribution in [2.45, 2.75) is 45.1 Å². The zero-order valence-corrected chi connectivity index (χ0v) is 11.9. The molecule has 1 fully saturated rings. The summed E-state index contributed by atoms with van der Waals surface area (Å²) >= 11 is 1.89. The van der Waals surface area contributed by atoms with Crippen LogP contribution in [-0.4, -0.2) is 16.5 Å². The van der Waals surface area contributed by atoms with E-state index in [9.17, 15) is 0 Å². The third-order valence-corrected chi connectivity index (χ3v) is 5.13. The van der Waals surface area contributed by atoms with Crippen molar-refractivity contribution in [1.82, 2.24) is 0 Å². The zero-order valence-electron chi connectivity index (χ0n) is 11.1. The summed E-state index contributed by atoms with van der Waals surface area (Å²) in [7, 11) is 0. The number of rotatable bonds is 1. The molecule has 1 heterocycles. The average Bonchev–Trinajstić information content (AvgIpc) is 2.95. The molecular formula is C15H20N2S. The van der Waals surface area contributed by atoms with Crippen molar-refractivity contribution < 1.29 is 0 Å². The van der Waals surface area contributed by atoms with Crippen molar-refractivity contribution in [3.05, 3.63) is 29.3 Å². The van der Waals surface area contributed by atoms with E-state index in [2.05, 4.69) is 37.4 Å². The Kier molecular flexibility index (Phi) is 3.10. The van der Waals surface area contributed by atoms with Crippen LogP contribution in [0.5, 0.6) is 0 Å². The van der Waals surface area contributed by atoms with E-state index in [-0.39, 0.29) is 5.54 Å². The van der Waals surface area contributed by atoms with Crippen molar-refractivity contribution in [2.75, 3.05) is 11.1 Å². The van der Waals surface area contributed by atoms with Gasteiger partial charge in [-0.3, -0.25) is 4.99 Å². The predicted octanol–water partition coefficient (Wildman–Crippen LogP) is 4.13. The van der Waals surface area contributed by atoms with Crippen LogP contribution in [0.4, 0.5) is 5.69 Å². The zero-order chi connectivity index (χ0) is 12.6. The molecule has 0 amide bonds. The van der Waals surface area contributed by atoms with E-state index in [1.54, 1.807) is 0 Å². The summed E-state index contributed by atoms with van der Waals surface area (Å²) < 4.78 is 0. The normalized spacial score (nSPS) is 21.3. The second kappa shape index (κ2) is 4.61. The number of amidine groups is 1. The highest BCUT2D eigenvalue weighted by molar-refractivity contribution is 8.14. The van der Waals surface area contributed by atoms with Crippen LogP contribution < -0.4 is 5.32 Å². The Bertz CT molecular complexity index is 487. The molecule has 3 heteroatoms. The molecule has 0 radical (unpaired) electrons. The third-order valence-electron chi connectivity index (χ3n) is 3.99. The summed E-state index contributed by atoms with van der Waals surface area (Å²) in [6, 6.07) is 6.53. The number of nitrogens with zero attached hydrogens (tertiary/aromatic N) is 1. The summed E-state index contributed by atoms with van der Waals surface area (Å²) in [4.78, 5) is 4.95. The highest BCUT2D eigenvalue weighted by Crippen LogP contribution is 2.41. The molecule has 2 aliphatic rings. The lowest BCUT2D eigenvalue weighted by atomic mass is 10.0. The summed E-state index contributed by atoms with van der Waals surface area (Å²) in [5, 5.41) is 4.63. The number of hydrogen-bond acceptors (Lipinski definition) is 3. The van der Waals surface area contributed by atoms with Crippen LogP contribution >= 0.6 is 11.8 Å². The lowest BCUT2D eigenvalue weighted by Gasteiger charge is -2.16. The van der Waals surface area contributed by atoms with Gasteiger partial charge in [-0.15, -0.1) is 0 Å². The summed E-state index contributed by atoms with van der Waals surface area (Å²) in [6.45, 7) is 4.28. The van der Waals surface area contributed by atoms with Crippen molar-refractivity contribution in [3.8, 4) is 0 Å². The molecule has 1 aliphatic heterocycles. The fourth-order valence-electron chi connectivity index (χ4n) is 2.82. The van der Waals surface area contributed by atoms with Gasteiger partial charge in [0.25, 0.3) is 0 Å². The van der Waals surface area contributed by atoms with Gasteiger partial charge < -0.3 is 5.32 Å². The van der Waals surface area contributed by atoms with Crippen LogP contribution in [0.2, 0.25) is 0 Å². The van der Waals surface area contributed by atoms with Crippen LogP contribution in [0, 0.1) is 13.8 Å². The SMILES string of the molecule is Cc1ccc(C)c(NC2=NC3(CCCC3)CS2)c1. The van der Waals surface area contributed by atoms with E-state index >= 15 is 0 Å². The lowest BCUT2D eigenvalue weighted by Crippen LogP contribution is -2.21. The topological polar surface area (TPSA) is 24.4 Å². The Labute approximate surface area is 113 Å². The van der Waals surface area contributed by atoms with E-state index in [1.807, 2.05) is 11.8 Å². The largest absolute Gasteiger partial charge is 0.335 e. The quantitative estimate of drug-likeness (QED) is 0.821. The van der Waals surface area contributed by atoms with Crippen LogP contribution in [0.1, 0.15) is 36.8 Å². The first kappa shape index (κ1) is 12.1. The van der Waals surface area contributed by atoms with Crippen molar-refractivity contribution >= 4 is 22.6 Å². The van der Waals surface area contributed by atoms with Gasteiger partial charge in [-0.25, -0.2) is 0 Å². The standard InChI is InChI=1S/C15H20N2S/c1-11-5-6-12(2)13(9-11)16-14-17-15(10-18-14)7-3-4-8-15/h5-6,9H,3-4,7-8,10H2,1-2H3,(H,16,17). The minimum atomic E-state index is 0.269. The van der Waals surface area contributed by atoms with Gasteiger partial charge in [0, 0.05) is 11.4 Å². The second-order valence-electron chi connectivity index (χ2n) is 5.58. The van der Waals surface area contributed by atoms with Gasteiger partial charge in [0.2, 0.25) is 0 Å². The Morgan fingerprint density at radius 1 is 1.22 bits per heavy atom. The van der Waals surface area contributed by atoms with Crippen molar-refractivity contribution in [2.24, 2.45) is 4.99 Å². The van der Waals surface area contributed by atoms with Gasteiger partial charge in [-0.05, 0) is 43.9 Å². The maximum absolute atomic E-state index is 4.95. The molecule has 0 atom stereocenters. The lowest BCUT2D eigenvalue weighted by molar-refractivity contribution is 0.508. The van der Waals surface area contributed by atoms with Gasteiger partial charge in [0.05, 0.1) is 5.54 Å². The maximum atomic E-state index is 4.95. The first-order valence-corrected chi connectivity index (χ1v) is 7.72. The Balaban J connectivity index is 1.79. The summed E-state index contributed by atoms with van der Waals surface area (Å²) in [6.07, 6.45) is 5.25. The third kappa shape index (κ3) is 2.28. The highest BCUT2D eigenvalue weighted by atomic mass is 32.2. The van der Waals surface area contributed by atoms with Crippen LogP contribution in [-0.2, 0) is 0 Å². The number of anilines is 1. The molecule has 0 saturated heterocycles. The number of nitrogens with one attached hydrogen (secondary N) is 1. The number of thioether (sulfide) groups is 1. The molecule has 18 heavy (non-hydrogen) atoms. The van der Waals surface area contributed by atoms with E-state index in [1.165, 1.54) is 48.3 Å². The average molecular weight is 260 g/mol. The van der Waals surface area contributed by atoms with E-state index in [0.717, 1.165) is 5.17 Å². The molecule has 1 aromatic rings. The van der Waals surface area contributed by atoms with Gasteiger partial charge in [0.15, 0.2) is 5.17 Å². The number of aryl methyl sites for hydroxylation is 2. The molecule has 2 nitrogen and oxygen atoms in total. The Hall–Kier alpha value is -0.960.